The minimum atomic E-state index is -3.72. The van der Waals surface area contributed by atoms with Gasteiger partial charge in [0.15, 0.2) is 0 Å². The molecule has 0 amide bonds. The maximum atomic E-state index is 12.6. The van der Waals surface area contributed by atoms with E-state index in [-0.39, 0.29) is 4.90 Å². The molecular formula is C13H20N6O2S. The molecule has 2 aromatic heterocycles. The van der Waals surface area contributed by atoms with Crippen LogP contribution >= 0.6 is 0 Å². The highest BCUT2D eigenvalue weighted by Gasteiger charge is 2.24. The number of hydrogen-bond acceptors (Lipinski definition) is 6. The number of nitrogens with zero attached hydrogens (tertiary/aromatic N) is 5. The molecule has 2 heterocycles. The van der Waals surface area contributed by atoms with Crippen molar-refractivity contribution in [2.75, 3.05) is 23.7 Å². The average molecular weight is 324 g/mol. The number of nitrogens with one attached hydrogen (secondary N) is 1. The summed E-state index contributed by atoms with van der Waals surface area (Å²) in [6.07, 6.45) is 2.88. The molecule has 0 bridgehead atoms. The Balaban J connectivity index is 2.34. The van der Waals surface area contributed by atoms with Gasteiger partial charge >= 0.3 is 0 Å². The van der Waals surface area contributed by atoms with Gasteiger partial charge in [0.25, 0.3) is 10.0 Å². The van der Waals surface area contributed by atoms with E-state index in [9.17, 15) is 8.42 Å². The van der Waals surface area contributed by atoms with Gasteiger partial charge in [0.2, 0.25) is 5.95 Å². The first-order chi connectivity index (χ1) is 10.3. The second-order valence-corrected chi connectivity index (χ2v) is 6.71. The van der Waals surface area contributed by atoms with Crippen LogP contribution in [0.3, 0.4) is 0 Å². The smallest absolute Gasteiger partial charge is 0.265 e. The zero-order valence-corrected chi connectivity index (χ0v) is 14.1. The van der Waals surface area contributed by atoms with Gasteiger partial charge in [-0.3, -0.25) is 9.40 Å². The summed E-state index contributed by atoms with van der Waals surface area (Å²) in [6, 6.07) is 0. The van der Waals surface area contributed by atoms with Crippen molar-refractivity contribution >= 4 is 21.7 Å². The van der Waals surface area contributed by atoms with Crippen molar-refractivity contribution in [1.29, 1.82) is 0 Å². The number of aryl methyl sites for hydroxylation is 2. The molecule has 120 valence electrons. The molecule has 0 unspecified atom stereocenters. The fraction of sp³-hybridized carbons (Fsp3) is 0.462. The van der Waals surface area contributed by atoms with Gasteiger partial charge in [-0.25, -0.2) is 18.4 Å². The van der Waals surface area contributed by atoms with Gasteiger partial charge in [-0.2, -0.15) is 5.10 Å². The first kappa shape index (κ1) is 16.2. The van der Waals surface area contributed by atoms with E-state index in [2.05, 4.69) is 19.8 Å². The lowest BCUT2D eigenvalue weighted by Gasteiger charge is -2.11. The van der Waals surface area contributed by atoms with Crippen molar-refractivity contribution in [2.24, 2.45) is 0 Å². The highest BCUT2D eigenvalue weighted by molar-refractivity contribution is 7.92. The summed E-state index contributed by atoms with van der Waals surface area (Å²) in [7, 11) is -0.103. The zero-order valence-electron chi connectivity index (χ0n) is 13.3. The van der Waals surface area contributed by atoms with E-state index < -0.39 is 10.0 Å². The summed E-state index contributed by atoms with van der Waals surface area (Å²) < 4.78 is 29.3. The van der Waals surface area contributed by atoms with Gasteiger partial charge in [-0.05, 0) is 20.8 Å². The quantitative estimate of drug-likeness (QED) is 0.887. The second-order valence-electron chi connectivity index (χ2n) is 5.09. The van der Waals surface area contributed by atoms with E-state index in [1.54, 1.807) is 23.4 Å². The first-order valence-corrected chi connectivity index (χ1v) is 8.30. The van der Waals surface area contributed by atoms with Gasteiger partial charge in [0.05, 0.1) is 29.5 Å². The maximum Gasteiger partial charge on any atom is 0.265 e. The van der Waals surface area contributed by atoms with E-state index in [1.807, 2.05) is 21.0 Å². The second kappa shape index (κ2) is 5.91. The molecule has 0 aliphatic heterocycles. The molecule has 9 heteroatoms. The minimum Gasteiger partial charge on any atom is -0.347 e. The maximum absolute atomic E-state index is 12.6. The highest BCUT2D eigenvalue weighted by Crippen LogP contribution is 2.22. The van der Waals surface area contributed by atoms with E-state index in [0.29, 0.717) is 29.6 Å². The van der Waals surface area contributed by atoms with Crippen molar-refractivity contribution < 1.29 is 8.42 Å². The van der Waals surface area contributed by atoms with Crippen molar-refractivity contribution in [1.82, 2.24) is 19.7 Å². The Morgan fingerprint density at radius 1 is 1.23 bits per heavy atom. The molecule has 0 fully saturated rings. The summed E-state index contributed by atoms with van der Waals surface area (Å²) in [5.41, 5.74) is 1.39. The highest BCUT2D eigenvalue weighted by atomic mass is 32.2. The fourth-order valence-electron chi connectivity index (χ4n) is 2.19. The molecular weight excluding hydrogens is 304 g/mol. The minimum absolute atomic E-state index is 0.200. The van der Waals surface area contributed by atoms with Crippen LogP contribution in [0.15, 0.2) is 17.3 Å². The molecule has 2 aromatic rings. The standard InChI is InChI=1S/C13H20N6O2S/c1-6-19-10(3)12(9(2)16-19)22(20,21)17-11-7-14-13(15-8-11)18(4)5/h7-8,17H,6H2,1-5H3. The van der Waals surface area contributed by atoms with Crippen LogP contribution in [0.1, 0.15) is 18.3 Å². The summed E-state index contributed by atoms with van der Waals surface area (Å²) >= 11 is 0. The van der Waals surface area contributed by atoms with E-state index in [1.165, 1.54) is 12.4 Å². The van der Waals surface area contributed by atoms with Gasteiger partial charge in [-0.15, -0.1) is 0 Å². The van der Waals surface area contributed by atoms with E-state index in [0.717, 1.165) is 0 Å². The molecule has 8 nitrogen and oxygen atoms in total. The Labute approximate surface area is 130 Å². The predicted molar refractivity (Wildman–Crippen MR) is 84.5 cm³/mol. The zero-order chi connectivity index (χ0) is 16.5. The Hall–Kier alpha value is -2.16. The number of anilines is 2. The van der Waals surface area contributed by atoms with Gasteiger partial charge < -0.3 is 4.90 Å². The molecule has 2 rings (SSSR count). The third kappa shape index (κ3) is 3.03. The molecule has 0 aliphatic carbocycles. The lowest BCUT2D eigenvalue weighted by molar-refractivity contribution is 0.598. The van der Waals surface area contributed by atoms with Crippen molar-refractivity contribution in [2.45, 2.75) is 32.2 Å². The molecule has 22 heavy (non-hydrogen) atoms. The van der Waals surface area contributed by atoms with Gasteiger partial charge in [-0.1, -0.05) is 0 Å². The van der Waals surface area contributed by atoms with Gasteiger partial charge in [0.1, 0.15) is 4.90 Å². The molecule has 0 spiro atoms. The Bertz CT molecular complexity index is 765. The van der Waals surface area contributed by atoms with Gasteiger partial charge in [0, 0.05) is 20.6 Å². The number of sulfonamides is 1. The molecule has 0 atom stereocenters. The number of hydrogen-bond donors (Lipinski definition) is 1. The lowest BCUT2D eigenvalue weighted by Crippen LogP contribution is -2.16. The van der Waals surface area contributed by atoms with E-state index >= 15 is 0 Å². The molecule has 1 N–H and O–H groups in total. The molecule has 0 saturated heterocycles. The third-order valence-corrected chi connectivity index (χ3v) is 4.81. The topological polar surface area (TPSA) is 93.0 Å². The molecule has 0 aliphatic rings. The van der Waals surface area contributed by atoms with Crippen LogP contribution in [0.2, 0.25) is 0 Å². The summed E-state index contributed by atoms with van der Waals surface area (Å²) in [5, 5.41) is 4.23. The van der Waals surface area contributed by atoms with Crippen LogP contribution in [-0.4, -0.2) is 42.3 Å². The number of rotatable bonds is 5. The molecule has 0 radical (unpaired) electrons. The Kier molecular flexibility index (Phi) is 4.36. The van der Waals surface area contributed by atoms with Crippen LogP contribution in [0, 0.1) is 13.8 Å². The SMILES string of the molecule is CCn1nc(C)c(S(=O)(=O)Nc2cnc(N(C)C)nc2)c1C. The first-order valence-electron chi connectivity index (χ1n) is 6.82. The fourth-order valence-corrected chi connectivity index (χ4v) is 3.63. The Morgan fingerprint density at radius 2 is 1.82 bits per heavy atom. The normalized spacial score (nSPS) is 11.5. The largest absolute Gasteiger partial charge is 0.347 e. The third-order valence-electron chi connectivity index (χ3n) is 3.17. The summed E-state index contributed by atoms with van der Waals surface area (Å²) in [4.78, 5) is 10.1. The molecule has 0 aromatic carbocycles. The summed E-state index contributed by atoms with van der Waals surface area (Å²) in [5.74, 6) is 0.508. The van der Waals surface area contributed by atoms with Crippen molar-refractivity contribution in [3.63, 3.8) is 0 Å². The van der Waals surface area contributed by atoms with Crippen LogP contribution in [0.4, 0.5) is 11.6 Å². The lowest BCUT2D eigenvalue weighted by atomic mass is 10.4. The van der Waals surface area contributed by atoms with Crippen LogP contribution in [0.25, 0.3) is 0 Å². The predicted octanol–water partition coefficient (Wildman–Crippen LogP) is 1.18. The monoisotopic (exact) mass is 324 g/mol. The number of aromatic nitrogens is 4. The van der Waals surface area contributed by atoms with E-state index in [4.69, 9.17) is 0 Å². The molecule has 0 saturated carbocycles. The van der Waals surface area contributed by atoms with Crippen LogP contribution < -0.4 is 9.62 Å². The van der Waals surface area contributed by atoms with Crippen LogP contribution in [-0.2, 0) is 16.6 Å². The van der Waals surface area contributed by atoms with Crippen molar-refractivity contribution in [3.05, 3.63) is 23.8 Å². The van der Waals surface area contributed by atoms with Crippen LogP contribution in [0.5, 0.6) is 0 Å². The average Bonchev–Trinajstić information content (AvgIpc) is 2.74. The van der Waals surface area contributed by atoms with Crippen molar-refractivity contribution in [3.8, 4) is 0 Å². The summed E-state index contributed by atoms with van der Waals surface area (Å²) in [6.45, 7) is 5.95. The Morgan fingerprint density at radius 3 is 2.27 bits per heavy atom.